The molecule has 0 aromatic rings. The van der Waals surface area contributed by atoms with E-state index in [4.69, 9.17) is 0 Å². The number of halogens is 1. The van der Waals surface area contributed by atoms with E-state index in [1.54, 1.807) is 4.31 Å². The van der Waals surface area contributed by atoms with Crippen LogP contribution in [0, 0.1) is 5.92 Å². The zero-order valence-electron chi connectivity index (χ0n) is 8.61. The average Bonchev–Trinajstić information content (AvgIpc) is 2.02. The van der Waals surface area contributed by atoms with Crippen LogP contribution in [-0.2, 0) is 10.0 Å². The van der Waals surface area contributed by atoms with Crippen molar-refractivity contribution in [1.29, 1.82) is 0 Å². The van der Waals surface area contributed by atoms with Crippen molar-refractivity contribution in [2.75, 3.05) is 31.9 Å². The summed E-state index contributed by atoms with van der Waals surface area (Å²) in [7, 11) is -3.00. The molecule has 0 spiro atoms. The fraction of sp³-hybridized carbons (Fsp3) is 1.00. The Labute approximate surface area is 100 Å². The first-order valence-corrected chi connectivity index (χ1v) is 7.38. The Morgan fingerprint density at radius 3 is 2.14 bits per heavy atom. The van der Waals surface area contributed by atoms with E-state index in [1.165, 1.54) is 0 Å². The quantitative estimate of drug-likeness (QED) is 0.571. The van der Waals surface area contributed by atoms with Gasteiger partial charge in [-0.25, -0.2) is 11.5 Å². The summed E-state index contributed by atoms with van der Waals surface area (Å²) in [6.45, 7) is 6.81. The number of nitrogens with zero attached hydrogens (tertiary/aromatic N) is 2. The highest BCUT2D eigenvalue weighted by atomic mass is 127. The van der Waals surface area contributed by atoms with Crippen LogP contribution in [0.2, 0.25) is 0 Å². The van der Waals surface area contributed by atoms with E-state index in [-0.39, 0.29) is 11.7 Å². The lowest BCUT2D eigenvalue weighted by atomic mass is 10.3. The molecule has 1 heterocycles. The lowest BCUT2D eigenvalue weighted by Crippen LogP contribution is -2.46. The summed E-state index contributed by atoms with van der Waals surface area (Å²) in [6.07, 6.45) is 0. The van der Waals surface area contributed by atoms with Gasteiger partial charge in [-0.2, -0.15) is 4.31 Å². The lowest BCUT2D eigenvalue weighted by molar-refractivity contribution is 0.303. The minimum atomic E-state index is -3.00. The predicted octanol–water partition coefficient (Wildman–Crippen LogP) is 0.940. The third kappa shape index (κ3) is 3.63. The average molecular weight is 332 g/mol. The Bertz CT molecular complexity index is 271. The monoisotopic (exact) mass is 332 g/mol. The van der Waals surface area contributed by atoms with E-state index in [0.717, 1.165) is 13.1 Å². The van der Waals surface area contributed by atoms with E-state index >= 15 is 0 Å². The van der Waals surface area contributed by atoms with Crippen LogP contribution in [0.3, 0.4) is 0 Å². The van der Waals surface area contributed by atoms with Crippen molar-refractivity contribution in [3.8, 4) is 0 Å². The SMILES string of the molecule is CC(C)CS(=O)(=O)N1CCN(I)CC1. The predicted molar refractivity (Wildman–Crippen MR) is 65.8 cm³/mol. The molecule has 0 aromatic heterocycles. The minimum Gasteiger partial charge on any atom is -0.245 e. The van der Waals surface area contributed by atoms with Gasteiger partial charge in [-0.15, -0.1) is 0 Å². The van der Waals surface area contributed by atoms with Crippen LogP contribution in [0.5, 0.6) is 0 Å². The first kappa shape index (κ1) is 12.7. The molecule has 0 amide bonds. The Hall–Kier alpha value is 0.600. The summed E-state index contributed by atoms with van der Waals surface area (Å²) in [5, 5.41) is 0. The molecule has 0 aromatic carbocycles. The first-order chi connectivity index (χ1) is 6.42. The highest BCUT2D eigenvalue weighted by Gasteiger charge is 2.26. The van der Waals surface area contributed by atoms with Gasteiger partial charge in [0.2, 0.25) is 10.0 Å². The minimum absolute atomic E-state index is 0.206. The maximum absolute atomic E-state index is 11.8. The van der Waals surface area contributed by atoms with E-state index in [0.29, 0.717) is 13.1 Å². The summed E-state index contributed by atoms with van der Waals surface area (Å²) in [4.78, 5) is 0. The highest BCUT2D eigenvalue weighted by Crippen LogP contribution is 2.12. The Kier molecular flexibility index (Phi) is 4.60. The van der Waals surface area contributed by atoms with Gasteiger partial charge in [-0.1, -0.05) is 13.8 Å². The fourth-order valence-electron chi connectivity index (χ4n) is 1.47. The Balaban J connectivity index is 2.56. The molecule has 84 valence electrons. The second kappa shape index (κ2) is 5.09. The van der Waals surface area contributed by atoms with Crippen molar-refractivity contribution in [3.05, 3.63) is 0 Å². The molecule has 0 bridgehead atoms. The molecule has 1 aliphatic rings. The Morgan fingerprint density at radius 1 is 1.21 bits per heavy atom. The van der Waals surface area contributed by atoms with E-state index in [1.807, 2.05) is 13.8 Å². The van der Waals surface area contributed by atoms with Crippen molar-refractivity contribution < 1.29 is 8.42 Å². The Morgan fingerprint density at radius 2 is 1.71 bits per heavy atom. The number of rotatable bonds is 3. The van der Waals surface area contributed by atoms with Crippen LogP contribution in [0.1, 0.15) is 13.8 Å². The maximum atomic E-state index is 11.8. The summed E-state index contributed by atoms with van der Waals surface area (Å²) < 4.78 is 27.4. The van der Waals surface area contributed by atoms with Gasteiger partial charge in [0.1, 0.15) is 0 Å². The van der Waals surface area contributed by atoms with Crippen molar-refractivity contribution >= 4 is 32.9 Å². The molecule has 0 saturated carbocycles. The van der Waals surface area contributed by atoms with Gasteiger partial charge in [0.25, 0.3) is 0 Å². The standard InChI is InChI=1S/C8H17IN2O2S/c1-8(2)7-14(12,13)11-5-3-10(9)4-6-11/h8H,3-7H2,1-2H3. The fourth-order valence-corrected chi connectivity index (χ4v) is 3.67. The first-order valence-electron chi connectivity index (χ1n) is 4.80. The molecule has 6 heteroatoms. The topological polar surface area (TPSA) is 40.6 Å². The second-order valence-electron chi connectivity index (χ2n) is 3.98. The van der Waals surface area contributed by atoms with Crippen LogP contribution in [0.4, 0.5) is 0 Å². The van der Waals surface area contributed by atoms with E-state index in [2.05, 4.69) is 26.0 Å². The van der Waals surface area contributed by atoms with Crippen molar-refractivity contribution in [1.82, 2.24) is 7.42 Å². The van der Waals surface area contributed by atoms with E-state index in [9.17, 15) is 8.42 Å². The molecular weight excluding hydrogens is 315 g/mol. The number of sulfonamides is 1. The molecule has 0 aliphatic carbocycles. The van der Waals surface area contributed by atoms with Crippen molar-refractivity contribution in [2.45, 2.75) is 13.8 Å². The molecule has 0 unspecified atom stereocenters. The van der Waals surface area contributed by atoms with Gasteiger partial charge in [-0.3, -0.25) is 0 Å². The second-order valence-corrected chi connectivity index (χ2v) is 7.36. The molecule has 1 aliphatic heterocycles. The molecule has 0 N–H and O–H groups in total. The summed E-state index contributed by atoms with van der Waals surface area (Å²) in [6, 6.07) is 0. The largest absolute Gasteiger partial charge is 0.245 e. The molecule has 1 rings (SSSR count). The zero-order chi connectivity index (χ0) is 10.8. The van der Waals surface area contributed by atoms with Crippen molar-refractivity contribution in [3.63, 3.8) is 0 Å². The van der Waals surface area contributed by atoms with Crippen LogP contribution in [0.25, 0.3) is 0 Å². The summed E-state index contributed by atoms with van der Waals surface area (Å²) in [5.74, 6) is 0.478. The summed E-state index contributed by atoms with van der Waals surface area (Å²) >= 11 is 2.23. The van der Waals surface area contributed by atoms with Crippen LogP contribution in [-0.4, -0.2) is 47.8 Å². The van der Waals surface area contributed by atoms with Crippen LogP contribution in [0.15, 0.2) is 0 Å². The number of piperazine rings is 1. The van der Waals surface area contributed by atoms with Gasteiger partial charge in [0, 0.05) is 49.0 Å². The summed E-state index contributed by atoms with van der Waals surface area (Å²) in [5.41, 5.74) is 0. The smallest absolute Gasteiger partial charge is 0.214 e. The maximum Gasteiger partial charge on any atom is 0.214 e. The lowest BCUT2D eigenvalue weighted by Gasteiger charge is -2.30. The zero-order valence-corrected chi connectivity index (χ0v) is 11.6. The molecule has 4 nitrogen and oxygen atoms in total. The van der Waals surface area contributed by atoms with Crippen molar-refractivity contribution in [2.24, 2.45) is 5.92 Å². The third-order valence-electron chi connectivity index (χ3n) is 2.12. The number of hydrogen-bond acceptors (Lipinski definition) is 3. The third-order valence-corrected chi connectivity index (χ3v) is 5.33. The molecule has 1 saturated heterocycles. The van der Waals surface area contributed by atoms with Gasteiger partial charge in [-0.05, 0) is 5.92 Å². The van der Waals surface area contributed by atoms with Crippen LogP contribution < -0.4 is 0 Å². The number of hydrogen-bond donors (Lipinski definition) is 0. The normalized spacial score (nSPS) is 21.7. The molecule has 14 heavy (non-hydrogen) atoms. The highest BCUT2D eigenvalue weighted by molar-refractivity contribution is 14.1. The molecule has 0 atom stereocenters. The van der Waals surface area contributed by atoms with Gasteiger partial charge in [0.05, 0.1) is 5.75 Å². The van der Waals surface area contributed by atoms with Gasteiger partial charge >= 0.3 is 0 Å². The molecule has 1 fully saturated rings. The van der Waals surface area contributed by atoms with E-state index < -0.39 is 10.0 Å². The molecule has 0 radical (unpaired) electrons. The van der Waals surface area contributed by atoms with Crippen LogP contribution >= 0.6 is 22.9 Å². The van der Waals surface area contributed by atoms with Gasteiger partial charge in [0.15, 0.2) is 0 Å². The van der Waals surface area contributed by atoms with Gasteiger partial charge < -0.3 is 0 Å². The molecular formula is C8H17IN2O2S.